The number of aromatic nitrogens is 1. The van der Waals surface area contributed by atoms with Gasteiger partial charge in [0.25, 0.3) is 5.56 Å². The van der Waals surface area contributed by atoms with Gasteiger partial charge in [-0.25, -0.2) is 0 Å². The Hall–Kier alpha value is -2.54. The fourth-order valence-corrected chi connectivity index (χ4v) is 2.06. The first-order valence-corrected chi connectivity index (χ1v) is 6.36. The molecular formula is C16H17N3O. The van der Waals surface area contributed by atoms with E-state index in [2.05, 4.69) is 0 Å². The van der Waals surface area contributed by atoms with Gasteiger partial charge in [0.05, 0.1) is 0 Å². The molecule has 0 aliphatic carbocycles. The largest absolute Gasteiger partial charge is 0.378 e. The maximum absolute atomic E-state index is 12.3. The standard InChI is InChI=1S/C16H17N3O/c1-11-10-19(16(20)15(9-17)12(11)2)14-7-5-13(6-8-14)18(3)4/h5-8,10H,1-4H3. The van der Waals surface area contributed by atoms with E-state index in [-0.39, 0.29) is 11.1 Å². The summed E-state index contributed by atoms with van der Waals surface area (Å²) >= 11 is 0. The number of hydrogen-bond acceptors (Lipinski definition) is 3. The SMILES string of the molecule is Cc1cn(-c2ccc(N(C)C)cc2)c(=O)c(C#N)c1C. The fourth-order valence-electron chi connectivity index (χ4n) is 2.06. The van der Waals surface area contributed by atoms with Crippen LogP contribution in [0, 0.1) is 25.2 Å². The van der Waals surface area contributed by atoms with E-state index in [4.69, 9.17) is 5.26 Å². The number of pyridine rings is 1. The molecular weight excluding hydrogens is 250 g/mol. The second-order valence-corrected chi connectivity index (χ2v) is 5.01. The highest BCUT2D eigenvalue weighted by molar-refractivity contribution is 5.51. The lowest BCUT2D eigenvalue weighted by molar-refractivity contribution is 0.955. The van der Waals surface area contributed by atoms with Gasteiger partial charge in [0.1, 0.15) is 11.6 Å². The predicted molar refractivity (Wildman–Crippen MR) is 80.6 cm³/mol. The van der Waals surface area contributed by atoms with E-state index in [1.807, 2.05) is 56.3 Å². The zero-order chi connectivity index (χ0) is 14.9. The van der Waals surface area contributed by atoms with Crippen molar-refractivity contribution in [2.24, 2.45) is 0 Å². The van der Waals surface area contributed by atoms with Gasteiger partial charge in [-0.1, -0.05) is 0 Å². The molecule has 1 heterocycles. The van der Waals surface area contributed by atoms with Gasteiger partial charge >= 0.3 is 0 Å². The zero-order valence-electron chi connectivity index (χ0n) is 12.1. The molecule has 20 heavy (non-hydrogen) atoms. The average molecular weight is 267 g/mol. The van der Waals surface area contributed by atoms with Crippen LogP contribution in [0.15, 0.2) is 35.3 Å². The lowest BCUT2D eigenvalue weighted by Gasteiger charge is -2.14. The first-order chi connectivity index (χ1) is 9.45. The smallest absolute Gasteiger partial charge is 0.273 e. The third-order valence-electron chi connectivity index (χ3n) is 3.48. The van der Waals surface area contributed by atoms with Crippen molar-refractivity contribution in [3.8, 4) is 11.8 Å². The number of nitriles is 1. The third kappa shape index (κ3) is 2.30. The van der Waals surface area contributed by atoms with Crippen molar-refractivity contribution in [3.05, 3.63) is 57.5 Å². The van der Waals surface area contributed by atoms with Crippen LogP contribution in [0.5, 0.6) is 0 Å². The lowest BCUT2D eigenvalue weighted by Crippen LogP contribution is -2.22. The van der Waals surface area contributed by atoms with E-state index < -0.39 is 0 Å². The van der Waals surface area contributed by atoms with Gasteiger partial charge in [-0.3, -0.25) is 9.36 Å². The summed E-state index contributed by atoms with van der Waals surface area (Å²) < 4.78 is 1.53. The van der Waals surface area contributed by atoms with Crippen molar-refractivity contribution in [1.82, 2.24) is 4.57 Å². The van der Waals surface area contributed by atoms with Gasteiger partial charge in [0.2, 0.25) is 0 Å². The van der Waals surface area contributed by atoms with Crippen molar-refractivity contribution in [3.63, 3.8) is 0 Å². The molecule has 2 aromatic rings. The predicted octanol–water partition coefficient (Wildman–Crippen LogP) is 2.39. The summed E-state index contributed by atoms with van der Waals surface area (Å²) in [5, 5.41) is 9.14. The van der Waals surface area contributed by atoms with Gasteiger partial charge in [0.15, 0.2) is 0 Å². The highest BCUT2D eigenvalue weighted by Crippen LogP contribution is 2.16. The van der Waals surface area contributed by atoms with Crippen molar-refractivity contribution in [1.29, 1.82) is 5.26 Å². The van der Waals surface area contributed by atoms with E-state index in [0.29, 0.717) is 0 Å². The van der Waals surface area contributed by atoms with Crippen LogP contribution in [0.3, 0.4) is 0 Å². The van der Waals surface area contributed by atoms with Crippen LogP contribution in [-0.2, 0) is 0 Å². The van der Waals surface area contributed by atoms with Crippen LogP contribution in [0.4, 0.5) is 5.69 Å². The molecule has 1 aromatic heterocycles. The van der Waals surface area contributed by atoms with Crippen LogP contribution >= 0.6 is 0 Å². The van der Waals surface area contributed by atoms with Crippen molar-refractivity contribution < 1.29 is 0 Å². The number of benzene rings is 1. The summed E-state index contributed by atoms with van der Waals surface area (Å²) in [7, 11) is 3.93. The third-order valence-corrected chi connectivity index (χ3v) is 3.48. The van der Waals surface area contributed by atoms with E-state index in [9.17, 15) is 4.79 Å². The van der Waals surface area contributed by atoms with E-state index in [1.54, 1.807) is 13.1 Å². The molecule has 0 saturated carbocycles. The summed E-state index contributed by atoms with van der Waals surface area (Å²) in [4.78, 5) is 14.3. The molecule has 0 radical (unpaired) electrons. The number of anilines is 1. The van der Waals surface area contributed by atoms with E-state index in [0.717, 1.165) is 22.5 Å². The second-order valence-electron chi connectivity index (χ2n) is 5.01. The minimum absolute atomic E-state index is 0.210. The Bertz CT molecular complexity index is 734. The van der Waals surface area contributed by atoms with Gasteiger partial charge in [-0.05, 0) is 49.2 Å². The van der Waals surface area contributed by atoms with Gasteiger partial charge in [-0.2, -0.15) is 5.26 Å². The Balaban J connectivity index is 2.62. The topological polar surface area (TPSA) is 49.0 Å². The van der Waals surface area contributed by atoms with Crippen LogP contribution in [0.1, 0.15) is 16.7 Å². The van der Waals surface area contributed by atoms with Crippen LogP contribution in [0.2, 0.25) is 0 Å². The number of rotatable bonds is 2. The quantitative estimate of drug-likeness (QED) is 0.839. The van der Waals surface area contributed by atoms with Gasteiger partial charge in [0, 0.05) is 31.7 Å². The van der Waals surface area contributed by atoms with Gasteiger partial charge in [-0.15, -0.1) is 0 Å². The molecule has 0 N–H and O–H groups in total. The minimum Gasteiger partial charge on any atom is -0.378 e. The highest BCUT2D eigenvalue weighted by atomic mass is 16.1. The lowest BCUT2D eigenvalue weighted by atomic mass is 10.1. The monoisotopic (exact) mass is 267 g/mol. The first-order valence-electron chi connectivity index (χ1n) is 6.36. The first kappa shape index (κ1) is 13.9. The second kappa shape index (κ2) is 5.22. The van der Waals surface area contributed by atoms with E-state index in [1.165, 1.54) is 4.57 Å². The molecule has 0 fully saturated rings. The zero-order valence-corrected chi connectivity index (χ0v) is 12.1. The number of nitrogens with zero attached hydrogens (tertiary/aromatic N) is 3. The highest BCUT2D eigenvalue weighted by Gasteiger charge is 2.11. The Morgan fingerprint density at radius 2 is 1.75 bits per heavy atom. The van der Waals surface area contributed by atoms with Crippen molar-refractivity contribution in [2.75, 3.05) is 19.0 Å². The van der Waals surface area contributed by atoms with E-state index >= 15 is 0 Å². The maximum Gasteiger partial charge on any atom is 0.273 e. The molecule has 0 unspecified atom stereocenters. The molecule has 0 saturated heterocycles. The summed E-state index contributed by atoms with van der Waals surface area (Å²) in [6, 6.07) is 9.66. The summed E-state index contributed by atoms with van der Waals surface area (Å²) in [6.07, 6.45) is 1.78. The summed E-state index contributed by atoms with van der Waals surface area (Å²) in [5.41, 5.74) is 3.44. The van der Waals surface area contributed by atoms with Crippen LogP contribution in [0.25, 0.3) is 5.69 Å². The van der Waals surface area contributed by atoms with Crippen LogP contribution in [-0.4, -0.2) is 18.7 Å². The normalized spacial score (nSPS) is 10.2. The summed E-state index contributed by atoms with van der Waals surface area (Å²) in [6.45, 7) is 3.70. The Labute approximate surface area is 118 Å². The van der Waals surface area contributed by atoms with Crippen molar-refractivity contribution >= 4 is 5.69 Å². The molecule has 4 nitrogen and oxygen atoms in total. The maximum atomic E-state index is 12.3. The Morgan fingerprint density at radius 1 is 1.15 bits per heavy atom. The Morgan fingerprint density at radius 3 is 2.25 bits per heavy atom. The molecule has 0 amide bonds. The van der Waals surface area contributed by atoms with Gasteiger partial charge < -0.3 is 4.90 Å². The molecule has 0 aliphatic heterocycles. The molecule has 102 valence electrons. The molecule has 0 spiro atoms. The number of hydrogen-bond donors (Lipinski definition) is 0. The average Bonchev–Trinajstić information content (AvgIpc) is 2.43. The minimum atomic E-state index is -0.270. The van der Waals surface area contributed by atoms with Crippen molar-refractivity contribution in [2.45, 2.75) is 13.8 Å². The molecule has 1 aromatic carbocycles. The molecule has 0 atom stereocenters. The van der Waals surface area contributed by atoms with Crippen LogP contribution < -0.4 is 10.5 Å². The molecule has 4 heteroatoms. The number of aryl methyl sites for hydroxylation is 1. The molecule has 0 bridgehead atoms. The summed E-state index contributed by atoms with van der Waals surface area (Å²) in [5.74, 6) is 0. The Kier molecular flexibility index (Phi) is 3.62. The molecule has 0 aliphatic rings. The molecule has 2 rings (SSSR count). The fraction of sp³-hybridized carbons (Fsp3) is 0.250.